The molecule has 0 aliphatic carbocycles. The molecule has 2 heterocycles. The lowest BCUT2D eigenvalue weighted by Crippen LogP contribution is -2.22. The standard InChI is InChI=1S/C9H14ClN3S/c1-9(2)3-4-13(6-9)5-7-11-12-8(10)14-7/h3-6H2,1-2H3. The third kappa shape index (κ3) is 2.43. The van der Waals surface area contributed by atoms with Gasteiger partial charge in [0.05, 0.1) is 6.54 Å². The van der Waals surface area contributed by atoms with Gasteiger partial charge in [0.2, 0.25) is 4.47 Å². The molecule has 14 heavy (non-hydrogen) atoms. The fraction of sp³-hybridized carbons (Fsp3) is 0.778. The number of likely N-dealkylation sites (tertiary alicyclic amines) is 1. The summed E-state index contributed by atoms with van der Waals surface area (Å²) < 4.78 is 0.540. The van der Waals surface area contributed by atoms with Gasteiger partial charge in [0, 0.05) is 6.54 Å². The van der Waals surface area contributed by atoms with Crippen LogP contribution in [0.2, 0.25) is 4.47 Å². The molecule has 0 spiro atoms. The Morgan fingerprint density at radius 2 is 2.29 bits per heavy atom. The fourth-order valence-electron chi connectivity index (χ4n) is 1.85. The monoisotopic (exact) mass is 231 g/mol. The maximum absolute atomic E-state index is 5.73. The number of rotatable bonds is 2. The first-order chi connectivity index (χ1) is 6.55. The van der Waals surface area contributed by atoms with Crippen LogP contribution in [0, 0.1) is 5.41 Å². The van der Waals surface area contributed by atoms with E-state index in [1.54, 1.807) is 0 Å². The molecule has 0 amide bonds. The Morgan fingerprint density at radius 1 is 1.50 bits per heavy atom. The molecule has 1 aromatic rings. The molecule has 0 unspecified atom stereocenters. The molecule has 0 bridgehead atoms. The van der Waals surface area contributed by atoms with Gasteiger partial charge in [0.1, 0.15) is 5.01 Å². The van der Waals surface area contributed by atoms with Crippen LogP contribution in [0.5, 0.6) is 0 Å². The van der Waals surface area contributed by atoms with Gasteiger partial charge in [0.25, 0.3) is 0 Å². The topological polar surface area (TPSA) is 29.0 Å². The number of halogens is 1. The molecule has 0 aromatic carbocycles. The Bertz CT molecular complexity index is 324. The zero-order valence-corrected chi connectivity index (χ0v) is 10.0. The summed E-state index contributed by atoms with van der Waals surface area (Å²) in [7, 11) is 0. The number of aromatic nitrogens is 2. The molecule has 0 N–H and O–H groups in total. The Labute approximate surface area is 93.1 Å². The quantitative estimate of drug-likeness (QED) is 0.783. The normalized spacial score (nSPS) is 21.6. The van der Waals surface area contributed by atoms with Crippen LogP contribution in [0.25, 0.3) is 0 Å². The maximum Gasteiger partial charge on any atom is 0.207 e. The van der Waals surface area contributed by atoms with Crippen LogP contribution in [0.1, 0.15) is 25.3 Å². The highest BCUT2D eigenvalue weighted by Crippen LogP contribution is 2.30. The first kappa shape index (κ1) is 10.3. The smallest absolute Gasteiger partial charge is 0.207 e. The van der Waals surface area contributed by atoms with E-state index >= 15 is 0 Å². The lowest BCUT2D eigenvalue weighted by Gasteiger charge is -2.18. The molecular weight excluding hydrogens is 218 g/mol. The van der Waals surface area contributed by atoms with Gasteiger partial charge in [-0.05, 0) is 30.0 Å². The summed E-state index contributed by atoms with van der Waals surface area (Å²) in [5.41, 5.74) is 0.453. The number of nitrogens with zero attached hydrogens (tertiary/aromatic N) is 3. The molecule has 0 radical (unpaired) electrons. The molecule has 78 valence electrons. The summed E-state index contributed by atoms with van der Waals surface area (Å²) in [5, 5.41) is 8.85. The van der Waals surface area contributed by atoms with E-state index in [2.05, 4.69) is 28.9 Å². The highest BCUT2D eigenvalue weighted by Gasteiger charge is 2.29. The second-order valence-corrected chi connectivity index (χ2v) is 6.22. The van der Waals surface area contributed by atoms with Crippen molar-refractivity contribution in [2.24, 2.45) is 5.41 Å². The minimum absolute atomic E-state index is 0.453. The van der Waals surface area contributed by atoms with Crippen LogP contribution in [0.3, 0.4) is 0 Å². The van der Waals surface area contributed by atoms with E-state index in [9.17, 15) is 0 Å². The van der Waals surface area contributed by atoms with Crippen LogP contribution in [0.15, 0.2) is 0 Å². The van der Waals surface area contributed by atoms with E-state index in [0.29, 0.717) is 9.88 Å². The van der Waals surface area contributed by atoms with E-state index in [1.807, 2.05) is 0 Å². The van der Waals surface area contributed by atoms with Gasteiger partial charge in [-0.2, -0.15) is 0 Å². The summed E-state index contributed by atoms with van der Waals surface area (Å²) in [6, 6.07) is 0. The average molecular weight is 232 g/mol. The van der Waals surface area contributed by atoms with Crippen molar-refractivity contribution in [3.63, 3.8) is 0 Å². The Balaban J connectivity index is 1.94. The van der Waals surface area contributed by atoms with Crippen molar-refractivity contribution in [1.29, 1.82) is 0 Å². The van der Waals surface area contributed by atoms with E-state index in [-0.39, 0.29) is 0 Å². The molecule has 0 saturated carbocycles. The van der Waals surface area contributed by atoms with Gasteiger partial charge >= 0.3 is 0 Å². The summed E-state index contributed by atoms with van der Waals surface area (Å²) in [4.78, 5) is 2.41. The van der Waals surface area contributed by atoms with Crippen LogP contribution < -0.4 is 0 Å². The molecule has 2 rings (SSSR count). The van der Waals surface area contributed by atoms with Crippen molar-refractivity contribution >= 4 is 22.9 Å². The van der Waals surface area contributed by atoms with E-state index in [0.717, 1.165) is 24.6 Å². The minimum Gasteiger partial charge on any atom is -0.296 e. The molecule has 0 atom stereocenters. The highest BCUT2D eigenvalue weighted by atomic mass is 35.5. The summed E-state index contributed by atoms with van der Waals surface area (Å²) >= 11 is 7.20. The molecule has 5 heteroatoms. The molecule has 1 aliphatic rings. The average Bonchev–Trinajstić information content (AvgIpc) is 2.59. The van der Waals surface area contributed by atoms with Crippen LogP contribution >= 0.6 is 22.9 Å². The molecule has 1 aromatic heterocycles. The maximum atomic E-state index is 5.73. The fourth-order valence-corrected chi connectivity index (χ4v) is 2.76. The second kappa shape index (κ2) is 3.76. The largest absolute Gasteiger partial charge is 0.296 e. The molecule has 1 saturated heterocycles. The lowest BCUT2D eigenvalue weighted by molar-refractivity contribution is 0.283. The number of hydrogen-bond acceptors (Lipinski definition) is 4. The molecule has 1 aliphatic heterocycles. The summed E-state index contributed by atoms with van der Waals surface area (Å²) in [6.07, 6.45) is 1.26. The van der Waals surface area contributed by atoms with Crippen LogP contribution in [0.4, 0.5) is 0 Å². The van der Waals surface area contributed by atoms with Crippen molar-refractivity contribution in [1.82, 2.24) is 15.1 Å². The van der Waals surface area contributed by atoms with Gasteiger partial charge in [0.15, 0.2) is 0 Å². The predicted octanol–water partition coefficient (Wildman–Crippen LogP) is 2.42. The highest BCUT2D eigenvalue weighted by molar-refractivity contribution is 7.15. The van der Waals surface area contributed by atoms with Crippen molar-refractivity contribution in [3.8, 4) is 0 Å². The van der Waals surface area contributed by atoms with Gasteiger partial charge in [-0.1, -0.05) is 25.2 Å². The van der Waals surface area contributed by atoms with Crippen molar-refractivity contribution in [3.05, 3.63) is 9.47 Å². The SMILES string of the molecule is CC1(C)CCN(Cc2nnc(Cl)s2)C1. The van der Waals surface area contributed by atoms with Crippen molar-refractivity contribution in [2.75, 3.05) is 13.1 Å². The molecule has 1 fully saturated rings. The molecular formula is C9H14ClN3S. The zero-order valence-electron chi connectivity index (χ0n) is 8.46. The number of hydrogen-bond donors (Lipinski definition) is 0. The Kier molecular flexibility index (Phi) is 2.77. The van der Waals surface area contributed by atoms with E-state index < -0.39 is 0 Å². The van der Waals surface area contributed by atoms with Gasteiger partial charge in [-0.25, -0.2) is 0 Å². The third-order valence-corrected chi connectivity index (χ3v) is 3.56. The predicted molar refractivity (Wildman–Crippen MR) is 58.6 cm³/mol. The third-order valence-electron chi connectivity index (χ3n) is 2.56. The van der Waals surface area contributed by atoms with Crippen molar-refractivity contribution < 1.29 is 0 Å². The summed E-state index contributed by atoms with van der Waals surface area (Å²) in [5.74, 6) is 0. The second-order valence-electron chi connectivity index (χ2n) is 4.57. The Hall–Kier alpha value is -0.190. The first-order valence-corrected chi connectivity index (χ1v) is 5.95. The minimum atomic E-state index is 0.453. The van der Waals surface area contributed by atoms with Gasteiger partial charge in [-0.3, -0.25) is 4.90 Å². The Morgan fingerprint density at radius 3 is 2.79 bits per heavy atom. The van der Waals surface area contributed by atoms with Crippen LogP contribution in [-0.4, -0.2) is 28.2 Å². The first-order valence-electron chi connectivity index (χ1n) is 4.75. The summed E-state index contributed by atoms with van der Waals surface area (Å²) in [6.45, 7) is 7.81. The van der Waals surface area contributed by atoms with Crippen LogP contribution in [-0.2, 0) is 6.54 Å². The van der Waals surface area contributed by atoms with Crippen molar-refractivity contribution in [2.45, 2.75) is 26.8 Å². The van der Waals surface area contributed by atoms with E-state index in [1.165, 1.54) is 17.8 Å². The van der Waals surface area contributed by atoms with E-state index in [4.69, 9.17) is 11.6 Å². The molecule has 3 nitrogen and oxygen atoms in total. The van der Waals surface area contributed by atoms with Gasteiger partial charge in [-0.15, -0.1) is 10.2 Å². The van der Waals surface area contributed by atoms with Gasteiger partial charge < -0.3 is 0 Å². The lowest BCUT2D eigenvalue weighted by atomic mass is 9.93. The zero-order chi connectivity index (χ0) is 10.2.